The Bertz CT molecular complexity index is 979. The van der Waals surface area contributed by atoms with Crippen molar-refractivity contribution in [2.75, 3.05) is 11.6 Å². The molecule has 0 aliphatic rings. The molecule has 0 atom stereocenters. The standard InChI is InChI=1S/C17H16N2O3S2/c1-24(21,22)13-8-9-14-15(11-13)23-17(18-14)19-16(20)10-7-12-5-3-2-4-6-12/h2-6,8-9,11H,7,10H2,1H3,(H,18,19,20). The minimum Gasteiger partial charge on any atom is -0.302 e. The fourth-order valence-electron chi connectivity index (χ4n) is 2.27. The summed E-state index contributed by atoms with van der Waals surface area (Å²) in [5.74, 6) is -0.110. The summed E-state index contributed by atoms with van der Waals surface area (Å²) in [6.45, 7) is 0. The lowest BCUT2D eigenvalue weighted by Gasteiger charge is -2.01. The number of thiazole rings is 1. The molecule has 0 fully saturated rings. The van der Waals surface area contributed by atoms with Gasteiger partial charge < -0.3 is 5.32 Å². The number of fused-ring (bicyclic) bond motifs is 1. The van der Waals surface area contributed by atoms with Crippen molar-refractivity contribution in [2.45, 2.75) is 17.7 Å². The largest absolute Gasteiger partial charge is 0.302 e. The minimum atomic E-state index is -3.26. The van der Waals surface area contributed by atoms with E-state index in [1.807, 2.05) is 30.3 Å². The zero-order chi connectivity index (χ0) is 17.2. The molecule has 0 unspecified atom stereocenters. The molecule has 0 aliphatic carbocycles. The molecule has 0 saturated heterocycles. The monoisotopic (exact) mass is 360 g/mol. The lowest BCUT2D eigenvalue weighted by molar-refractivity contribution is -0.116. The number of rotatable bonds is 5. The zero-order valence-corrected chi connectivity index (χ0v) is 14.7. The Kier molecular flexibility index (Phi) is 4.64. The lowest BCUT2D eigenvalue weighted by atomic mass is 10.1. The Morgan fingerprint density at radius 1 is 1.17 bits per heavy atom. The third kappa shape index (κ3) is 3.98. The molecule has 1 N–H and O–H groups in total. The Labute approximate surface area is 144 Å². The van der Waals surface area contributed by atoms with E-state index in [0.29, 0.717) is 23.5 Å². The van der Waals surface area contributed by atoms with Gasteiger partial charge in [0.25, 0.3) is 0 Å². The van der Waals surface area contributed by atoms with Crippen molar-refractivity contribution in [1.82, 2.24) is 4.98 Å². The summed E-state index contributed by atoms with van der Waals surface area (Å²) >= 11 is 1.27. The van der Waals surface area contributed by atoms with Gasteiger partial charge in [0.2, 0.25) is 5.91 Å². The van der Waals surface area contributed by atoms with Crippen LogP contribution in [0.3, 0.4) is 0 Å². The van der Waals surface area contributed by atoms with Gasteiger partial charge in [0, 0.05) is 12.7 Å². The van der Waals surface area contributed by atoms with Crippen LogP contribution in [0.25, 0.3) is 10.2 Å². The average molecular weight is 360 g/mol. The van der Waals surface area contributed by atoms with Crippen molar-refractivity contribution >= 4 is 42.4 Å². The van der Waals surface area contributed by atoms with Crippen molar-refractivity contribution in [3.8, 4) is 0 Å². The first kappa shape index (κ1) is 16.6. The maximum Gasteiger partial charge on any atom is 0.226 e. The summed E-state index contributed by atoms with van der Waals surface area (Å²) in [5.41, 5.74) is 1.78. The fraction of sp³-hybridized carbons (Fsp3) is 0.176. The SMILES string of the molecule is CS(=O)(=O)c1ccc2nc(NC(=O)CCc3ccccc3)sc2c1. The second-order valence-electron chi connectivity index (χ2n) is 5.45. The number of anilines is 1. The molecule has 0 bridgehead atoms. The van der Waals surface area contributed by atoms with E-state index in [-0.39, 0.29) is 10.8 Å². The Hall–Kier alpha value is -2.25. The van der Waals surface area contributed by atoms with Gasteiger partial charge in [-0.15, -0.1) is 0 Å². The van der Waals surface area contributed by atoms with Gasteiger partial charge >= 0.3 is 0 Å². The highest BCUT2D eigenvalue weighted by molar-refractivity contribution is 7.90. The Morgan fingerprint density at radius 2 is 1.92 bits per heavy atom. The van der Waals surface area contributed by atoms with Crippen LogP contribution in [-0.2, 0) is 21.1 Å². The number of nitrogens with one attached hydrogen (secondary N) is 1. The Morgan fingerprint density at radius 3 is 2.62 bits per heavy atom. The molecule has 1 aromatic heterocycles. The van der Waals surface area contributed by atoms with Crippen LogP contribution >= 0.6 is 11.3 Å². The van der Waals surface area contributed by atoms with E-state index in [4.69, 9.17) is 0 Å². The fourth-order valence-corrected chi connectivity index (χ4v) is 3.92. The van der Waals surface area contributed by atoms with Crippen LogP contribution in [0.4, 0.5) is 5.13 Å². The van der Waals surface area contributed by atoms with Crippen LogP contribution in [0, 0.1) is 0 Å². The van der Waals surface area contributed by atoms with E-state index < -0.39 is 9.84 Å². The number of hydrogen-bond acceptors (Lipinski definition) is 5. The Balaban J connectivity index is 1.70. The summed E-state index contributed by atoms with van der Waals surface area (Å²) in [5, 5.41) is 3.26. The molecule has 3 aromatic rings. The van der Waals surface area contributed by atoms with Crippen LogP contribution < -0.4 is 5.32 Å². The number of sulfone groups is 1. The molecule has 0 radical (unpaired) electrons. The van der Waals surface area contributed by atoms with Crippen molar-refractivity contribution in [3.63, 3.8) is 0 Å². The van der Waals surface area contributed by atoms with Gasteiger partial charge in [-0.2, -0.15) is 0 Å². The molecule has 2 aromatic carbocycles. The van der Waals surface area contributed by atoms with Crippen LogP contribution in [0.2, 0.25) is 0 Å². The highest BCUT2D eigenvalue weighted by atomic mass is 32.2. The summed E-state index contributed by atoms with van der Waals surface area (Å²) in [6, 6.07) is 14.6. The molecule has 124 valence electrons. The average Bonchev–Trinajstić information content (AvgIpc) is 2.94. The normalized spacial score (nSPS) is 11.5. The number of carbonyl (C=O) groups is 1. The van der Waals surface area contributed by atoms with Gasteiger partial charge in [-0.3, -0.25) is 4.79 Å². The number of hydrogen-bond donors (Lipinski definition) is 1. The number of aryl methyl sites for hydroxylation is 1. The second-order valence-corrected chi connectivity index (χ2v) is 8.50. The number of aromatic nitrogens is 1. The third-order valence-electron chi connectivity index (χ3n) is 3.52. The van der Waals surface area contributed by atoms with E-state index in [9.17, 15) is 13.2 Å². The maximum absolute atomic E-state index is 12.0. The van der Waals surface area contributed by atoms with Crippen LogP contribution in [-0.4, -0.2) is 25.6 Å². The molecular weight excluding hydrogens is 344 g/mol. The van der Waals surface area contributed by atoms with Crippen LogP contribution in [0.1, 0.15) is 12.0 Å². The summed E-state index contributed by atoms with van der Waals surface area (Å²) in [7, 11) is -3.26. The predicted molar refractivity (Wildman–Crippen MR) is 96.1 cm³/mol. The number of nitrogens with zero attached hydrogens (tertiary/aromatic N) is 1. The summed E-state index contributed by atoms with van der Waals surface area (Å²) < 4.78 is 23.9. The first-order chi connectivity index (χ1) is 11.4. The second kappa shape index (κ2) is 6.70. The van der Waals surface area contributed by atoms with Gasteiger partial charge in [0.15, 0.2) is 15.0 Å². The lowest BCUT2D eigenvalue weighted by Crippen LogP contribution is -2.11. The molecule has 5 nitrogen and oxygen atoms in total. The molecule has 24 heavy (non-hydrogen) atoms. The quantitative estimate of drug-likeness (QED) is 0.758. The van der Waals surface area contributed by atoms with E-state index in [1.54, 1.807) is 12.1 Å². The summed E-state index contributed by atoms with van der Waals surface area (Å²) in [6.07, 6.45) is 2.20. The molecule has 1 amide bonds. The summed E-state index contributed by atoms with van der Waals surface area (Å²) in [4.78, 5) is 16.6. The minimum absolute atomic E-state index is 0.110. The van der Waals surface area contributed by atoms with E-state index >= 15 is 0 Å². The highest BCUT2D eigenvalue weighted by Crippen LogP contribution is 2.28. The molecule has 0 saturated carbocycles. The molecule has 7 heteroatoms. The first-order valence-electron chi connectivity index (χ1n) is 7.36. The van der Waals surface area contributed by atoms with Crippen LogP contribution in [0.15, 0.2) is 53.4 Å². The van der Waals surface area contributed by atoms with Gasteiger partial charge in [0.05, 0.1) is 15.1 Å². The number of benzene rings is 2. The van der Waals surface area contributed by atoms with Gasteiger partial charge in [-0.05, 0) is 30.2 Å². The van der Waals surface area contributed by atoms with E-state index in [1.165, 1.54) is 23.7 Å². The van der Waals surface area contributed by atoms with Gasteiger partial charge in [0.1, 0.15) is 0 Å². The van der Waals surface area contributed by atoms with Crippen molar-refractivity contribution in [2.24, 2.45) is 0 Å². The first-order valence-corrected chi connectivity index (χ1v) is 10.1. The smallest absolute Gasteiger partial charge is 0.226 e. The van der Waals surface area contributed by atoms with E-state index in [0.717, 1.165) is 10.3 Å². The molecule has 0 aliphatic heterocycles. The highest BCUT2D eigenvalue weighted by Gasteiger charge is 2.12. The van der Waals surface area contributed by atoms with Crippen molar-refractivity contribution in [1.29, 1.82) is 0 Å². The third-order valence-corrected chi connectivity index (χ3v) is 5.56. The number of amides is 1. The van der Waals surface area contributed by atoms with Crippen molar-refractivity contribution < 1.29 is 13.2 Å². The van der Waals surface area contributed by atoms with Crippen LogP contribution in [0.5, 0.6) is 0 Å². The number of carbonyl (C=O) groups excluding carboxylic acids is 1. The zero-order valence-electron chi connectivity index (χ0n) is 13.0. The maximum atomic E-state index is 12.0. The van der Waals surface area contributed by atoms with E-state index in [2.05, 4.69) is 10.3 Å². The molecular formula is C17H16N2O3S2. The molecule has 1 heterocycles. The van der Waals surface area contributed by atoms with Gasteiger partial charge in [-0.25, -0.2) is 13.4 Å². The topological polar surface area (TPSA) is 76.1 Å². The predicted octanol–water partition coefficient (Wildman–Crippen LogP) is 3.27. The molecule has 0 spiro atoms. The molecule has 3 rings (SSSR count). The van der Waals surface area contributed by atoms with Gasteiger partial charge in [-0.1, -0.05) is 41.7 Å². The van der Waals surface area contributed by atoms with Crippen molar-refractivity contribution in [3.05, 3.63) is 54.1 Å².